The molecule has 0 saturated carbocycles. The molecule has 0 fully saturated rings. The fourth-order valence-corrected chi connectivity index (χ4v) is 0.612. The molecule has 0 saturated heterocycles. The van der Waals surface area contributed by atoms with E-state index >= 15 is 0 Å². The number of hydrogen-bond donors (Lipinski definition) is 4. The topological polar surface area (TPSA) is 121 Å². The van der Waals surface area contributed by atoms with Crippen LogP contribution in [0.4, 0.5) is 0 Å². The van der Waals surface area contributed by atoms with Crippen LogP contribution in [-0.2, 0) is 4.79 Å². The van der Waals surface area contributed by atoms with Crippen LogP contribution in [0.25, 0.3) is 0 Å². The van der Waals surface area contributed by atoms with E-state index in [1.165, 1.54) is 0 Å². The van der Waals surface area contributed by atoms with Gasteiger partial charge in [0.25, 0.3) is 0 Å². The predicted molar refractivity (Wildman–Crippen MR) is 34.7 cm³/mol. The maximum Gasteiger partial charge on any atom is 1.00 e. The van der Waals surface area contributed by atoms with Gasteiger partial charge in [0.1, 0.15) is 18.3 Å². The Morgan fingerprint density at radius 1 is 1.15 bits per heavy atom. The second kappa shape index (κ2) is 7.27. The summed E-state index contributed by atoms with van der Waals surface area (Å²) in [5.74, 6) is -1.90. The summed E-state index contributed by atoms with van der Waals surface area (Å²) < 4.78 is 0. The third-order valence-corrected chi connectivity index (χ3v) is 1.41. The number of carboxylic acid groups (broad SMARTS) is 1. The largest absolute Gasteiger partial charge is 1.00 e. The van der Waals surface area contributed by atoms with Gasteiger partial charge in [-0.25, -0.2) is 0 Å². The monoisotopic (exact) mass is 218 g/mol. The van der Waals surface area contributed by atoms with E-state index in [1.807, 2.05) is 0 Å². The molecule has 13 heavy (non-hydrogen) atoms. The third-order valence-electron chi connectivity index (χ3n) is 1.41. The number of carbonyl (C=O) groups is 1. The molecule has 72 valence electrons. The maximum absolute atomic E-state index is 9.95. The summed E-state index contributed by atoms with van der Waals surface area (Å²) in [6.07, 6.45) is -7.18. The molecular formula is C6H11KO6. The first kappa shape index (κ1) is 16.4. The van der Waals surface area contributed by atoms with Crippen molar-refractivity contribution in [2.45, 2.75) is 31.3 Å². The van der Waals surface area contributed by atoms with Gasteiger partial charge in [-0.1, -0.05) is 0 Å². The van der Waals surface area contributed by atoms with E-state index in [1.54, 1.807) is 0 Å². The average molecular weight is 218 g/mol. The van der Waals surface area contributed by atoms with E-state index in [-0.39, 0.29) is 51.4 Å². The Morgan fingerprint density at radius 2 is 1.54 bits per heavy atom. The molecule has 0 aromatic heterocycles. The van der Waals surface area contributed by atoms with Crippen molar-refractivity contribution in [3.8, 4) is 0 Å². The second-order valence-electron chi connectivity index (χ2n) is 2.49. The van der Waals surface area contributed by atoms with Gasteiger partial charge >= 0.3 is 51.4 Å². The SMILES string of the molecule is C[C@H](O)[C@H](O)[C@@H](O)[C@@H](O)C(=O)[O-].[K+]. The second-order valence-corrected chi connectivity index (χ2v) is 2.49. The number of carbonyl (C=O) groups excluding carboxylic acids is 1. The van der Waals surface area contributed by atoms with Crippen LogP contribution < -0.4 is 56.5 Å². The molecule has 6 nitrogen and oxygen atoms in total. The minimum absolute atomic E-state index is 0. The molecule has 0 bridgehead atoms. The van der Waals surface area contributed by atoms with Gasteiger partial charge < -0.3 is 30.3 Å². The van der Waals surface area contributed by atoms with Crippen molar-refractivity contribution in [3.05, 3.63) is 0 Å². The Hall–Kier alpha value is 0.946. The Balaban J connectivity index is 0. The quantitative estimate of drug-likeness (QED) is 0.348. The number of aliphatic carboxylic acids is 1. The number of hydrogen-bond acceptors (Lipinski definition) is 6. The Morgan fingerprint density at radius 3 is 1.77 bits per heavy atom. The zero-order valence-corrected chi connectivity index (χ0v) is 10.5. The van der Waals surface area contributed by atoms with Crippen molar-refractivity contribution >= 4 is 5.97 Å². The molecule has 0 aliphatic carbocycles. The molecule has 0 aromatic carbocycles. The van der Waals surface area contributed by atoms with Gasteiger partial charge in [-0.2, -0.15) is 0 Å². The van der Waals surface area contributed by atoms with Crippen LogP contribution in [0.15, 0.2) is 0 Å². The summed E-state index contributed by atoms with van der Waals surface area (Å²) in [4.78, 5) is 9.95. The van der Waals surface area contributed by atoms with Crippen LogP contribution in [0.5, 0.6) is 0 Å². The van der Waals surface area contributed by atoms with Crippen molar-refractivity contribution in [1.29, 1.82) is 0 Å². The summed E-state index contributed by atoms with van der Waals surface area (Å²) in [5, 5.41) is 45.0. The molecule has 0 unspecified atom stereocenters. The van der Waals surface area contributed by atoms with Crippen molar-refractivity contribution in [2.24, 2.45) is 0 Å². The first-order valence-electron chi connectivity index (χ1n) is 3.31. The number of carboxylic acids is 1. The zero-order valence-electron chi connectivity index (χ0n) is 7.41. The molecule has 0 aliphatic heterocycles. The van der Waals surface area contributed by atoms with Crippen molar-refractivity contribution in [2.75, 3.05) is 0 Å². The number of aliphatic hydroxyl groups is 4. The van der Waals surface area contributed by atoms with Gasteiger partial charge in [0.05, 0.1) is 12.1 Å². The number of rotatable bonds is 4. The van der Waals surface area contributed by atoms with E-state index in [4.69, 9.17) is 20.4 Å². The van der Waals surface area contributed by atoms with Crippen molar-refractivity contribution < 1.29 is 81.7 Å². The van der Waals surface area contributed by atoms with Crippen molar-refractivity contribution in [3.63, 3.8) is 0 Å². The van der Waals surface area contributed by atoms with E-state index in [0.29, 0.717) is 0 Å². The molecule has 4 N–H and O–H groups in total. The fraction of sp³-hybridized carbons (Fsp3) is 0.833. The Kier molecular flexibility index (Phi) is 9.15. The van der Waals surface area contributed by atoms with Crippen LogP contribution >= 0.6 is 0 Å². The van der Waals surface area contributed by atoms with E-state index in [9.17, 15) is 9.90 Å². The van der Waals surface area contributed by atoms with E-state index < -0.39 is 30.4 Å². The van der Waals surface area contributed by atoms with E-state index in [0.717, 1.165) is 6.92 Å². The Labute approximate surface area is 118 Å². The zero-order chi connectivity index (χ0) is 9.89. The van der Waals surface area contributed by atoms with Gasteiger partial charge in [0.2, 0.25) is 0 Å². The van der Waals surface area contributed by atoms with Gasteiger partial charge in [-0.3, -0.25) is 0 Å². The van der Waals surface area contributed by atoms with Crippen LogP contribution in [-0.4, -0.2) is 50.8 Å². The minimum Gasteiger partial charge on any atom is -0.547 e. The smallest absolute Gasteiger partial charge is 0.547 e. The third kappa shape index (κ3) is 5.40. The molecule has 4 atom stereocenters. The van der Waals surface area contributed by atoms with Crippen LogP contribution in [0.2, 0.25) is 0 Å². The predicted octanol–water partition coefficient (Wildman–Crippen LogP) is -6.80. The normalized spacial score (nSPS) is 19.5. The first-order chi connectivity index (χ1) is 5.37. The molecule has 7 heteroatoms. The van der Waals surface area contributed by atoms with Crippen LogP contribution in [0, 0.1) is 0 Å². The summed E-state index contributed by atoms with van der Waals surface area (Å²) in [5.41, 5.74) is 0. The molecule has 0 aromatic rings. The van der Waals surface area contributed by atoms with Crippen molar-refractivity contribution in [1.82, 2.24) is 0 Å². The van der Waals surface area contributed by atoms with Gasteiger partial charge in [0, 0.05) is 0 Å². The fourth-order valence-electron chi connectivity index (χ4n) is 0.612. The van der Waals surface area contributed by atoms with Crippen LogP contribution in [0.3, 0.4) is 0 Å². The first-order valence-corrected chi connectivity index (χ1v) is 3.31. The molecular weight excluding hydrogens is 207 g/mol. The molecule has 0 rings (SSSR count). The summed E-state index contributed by atoms with van der Waals surface area (Å²) in [7, 11) is 0. The van der Waals surface area contributed by atoms with E-state index in [2.05, 4.69) is 0 Å². The molecule has 0 aliphatic rings. The summed E-state index contributed by atoms with van der Waals surface area (Å²) >= 11 is 0. The summed E-state index contributed by atoms with van der Waals surface area (Å²) in [6, 6.07) is 0. The Bertz CT molecular complexity index is 161. The summed E-state index contributed by atoms with van der Waals surface area (Å²) in [6.45, 7) is 1.15. The molecule has 0 radical (unpaired) electrons. The molecule has 0 amide bonds. The average Bonchev–Trinajstić information content (AvgIpc) is 2.00. The molecule has 0 spiro atoms. The maximum atomic E-state index is 9.95. The van der Waals surface area contributed by atoms with Crippen LogP contribution in [0.1, 0.15) is 6.92 Å². The molecule has 0 heterocycles. The minimum atomic E-state index is -2.20. The number of aliphatic hydroxyl groups excluding tert-OH is 4. The van der Waals surface area contributed by atoms with Gasteiger partial charge in [-0.05, 0) is 6.92 Å². The van der Waals surface area contributed by atoms with Gasteiger partial charge in [-0.15, -0.1) is 0 Å². The van der Waals surface area contributed by atoms with Gasteiger partial charge in [0.15, 0.2) is 0 Å². The standard InChI is InChI=1S/C6H12O6.K/c1-2(7)3(8)4(9)5(10)6(11)12;/h2-5,7-10H,1H3,(H,11,12);/q;+1/p-1/t2-,3-,4+,5+;/m0./s1.